The largest absolute Gasteiger partial charge is 0.509 e. The van der Waals surface area contributed by atoms with Crippen LogP contribution in [0.5, 0.6) is 0 Å². The Morgan fingerprint density at radius 2 is 2.06 bits per heavy atom. The van der Waals surface area contributed by atoms with Crippen molar-refractivity contribution in [1.29, 1.82) is 0 Å². The van der Waals surface area contributed by atoms with E-state index in [0.29, 0.717) is 25.1 Å². The van der Waals surface area contributed by atoms with E-state index in [0.717, 1.165) is 6.26 Å². The van der Waals surface area contributed by atoms with Gasteiger partial charge in [-0.05, 0) is 30.0 Å². The van der Waals surface area contributed by atoms with Crippen LogP contribution in [0.1, 0.15) is 33.6 Å². The van der Waals surface area contributed by atoms with E-state index >= 15 is 0 Å². The number of rotatable bonds is 7. The van der Waals surface area contributed by atoms with E-state index in [9.17, 15) is 22.9 Å². The summed E-state index contributed by atoms with van der Waals surface area (Å²) >= 11 is 0. The lowest BCUT2D eigenvalue weighted by Gasteiger charge is -2.35. The van der Waals surface area contributed by atoms with Gasteiger partial charge in [0.15, 0.2) is 5.84 Å². The highest BCUT2D eigenvalue weighted by Crippen LogP contribution is 2.52. The number of nitrogens with zero attached hydrogens (tertiary/aromatic N) is 2. The van der Waals surface area contributed by atoms with Gasteiger partial charge in [0.25, 0.3) is 5.91 Å². The monoisotopic (exact) mass is 508 g/mol. The number of unbranched alkanes of at least 4 members (excludes halogenated alkanes) is 1. The number of nitrogens with one attached hydrogen (secondary N) is 2. The first kappa shape index (κ1) is 25.8. The number of amides is 1. The van der Waals surface area contributed by atoms with Crippen LogP contribution in [-0.4, -0.2) is 56.1 Å². The number of anilines is 2. The fourth-order valence-corrected chi connectivity index (χ4v) is 6.17. The summed E-state index contributed by atoms with van der Waals surface area (Å²) in [5.41, 5.74) is -0.0742. The van der Waals surface area contributed by atoms with Gasteiger partial charge < -0.3 is 19.8 Å². The predicted molar refractivity (Wildman–Crippen MR) is 133 cm³/mol. The Balaban J connectivity index is 2.07. The van der Waals surface area contributed by atoms with E-state index < -0.39 is 34.9 Å². The van der Waals surface area contributed by atoms with Crippen LogP contribution in [0.15, 0.2) is 34.3 Å². The lowest BCUT2D eigenvalue weighted by Crippen LogP contribution is -2.44. The first-order valence-corrected chi connectivity index (χ1v) is 14.0. The number of sulfonamides is 1. The predicted octanol–water partition coefficient (Wildman–Crippen LogP) is 2.83. The minimum Gasteiger partial charge on any atom is -0.509 e. The van der Waals surface area contributed by atoms with Gasteiger partial charge in [0.05, 0.1) is 23.3 Å². The van der Waals surface area contributed by atoms with Crippen LogP contribution < -0.4 is 15.3 Å². The molecule has 2 aliphatic rings. The van der Waals surface area contributed by atoms with Crippen LogP contribution in [0, 0.1) is 17.8 Å². The Morgan fingerprint density at radius 1 is 1.38 bits per heavy atom. The van der Waals surface area contributed by atoms with Crippen molar-refractivity contribution in [3.05, 3.63) is 29.5 Å². The maximum Gasteiger partial charge on any atom is 0.348 e. The summed E-state index contributed by atoms with van der Waals surface area (Å²) < 4.78 is 48.6. The summed E-state index contributed by atoms with van der Waals surface area (Å²) in [5, 5.41) is 14.2. The summed E-state index contributed by atoms with van der Waals surface area (Å²) in [7, 11) is -6.25. The lowest BCUT2D eigenvalue weighted by molar-refractivity contribution is -0.128. The highest BCUT2D eigenvalue weighted by atomic mass is 32.2. The fourth-order valence-electron chi connectivity index (χ4n) is 4.08. The Hall–Kier alpha value is -2.80. The summed E-state index contributed by atoms with van der Waals surface area (Å²) in [6.07, 6.45) is 7.39. The third-order valence-corrected chi connectivity index (χ3v) is 7.96. The number of fused-ring (bicyclic) bond motifs is 1. The van der Waals surface area contributed by atoms with Crippen molar-refractivity contribution in [1.82, 2.24) is 4.90 Å². The molecule has 34 heavy (non-hydrogen) atoms. The number of aliphatic hydroxyl groups is 1. The summed E-state index contributed by atoms with van der Waals surface area (Å²) in [5.74, 6) is 1.84. The van der Waals surface area contributed by atoms with Crippen LogP contribution in [0.4, 0.5) is 11.4 Å². The fraction of sp³-hybridized carbons (Fsp3) is 0.455. The van der Waals surface area contributed by atoms with Gasteiger partial charge in [0.1, 0.15) is 11.3 Å². The Labute approximate surface area is 200 Å². The van der Waals surface area contributed by atoms with Crippen molar-refractivity contribution >= 4 is 46.0 Å². The van der Waals surface area contributed by atoms with Gasteiger partial charge in [-0.3, -0.25) is 14.1 Å². The number of terminal acetylenes is 1. The quantitative estimate of drug-likeness (QED) is 0.293. The molecule has 10 nitrogen and oxygen atoms in total. The average molecular weight is 509 g/mol. The molecular formula is C22H29N4O6PS. The molecule has 0 spiro atoms. The second-order valence-electron chi connectivity index (χ2n) is 9.22. The van der Waals surface area contributed by atoms with Crippen LogP contribution in [0.2, 0.25) is 0 Å². The molecule has 2 heterocycles. The number of benzene rings is 1. The minimum atomic E-state index is -3.90. The van der Waals surface area contributed by atoms with Crippen molar-refractivity contribution in [2.75, 3.05) is 29.9 Å². The second-order valence-corrected chi connectivity index (χ2v) is 13.1. The molecule has 0 aromatic heterocycles. The molecule has 0 saturated heterocycles. The molecule has 0 bridgehead atoms. The Bertz CT molecular complexity index is 1270. The number of amidine groups is 1. The molecule has 3 rings (SSSR count). The number of carbonyl (C=O) groups excluding carboxylic acids is 1. The molecule has 3 N–H and O–H groups in total. The Morgan fingerprint density at radius 3 is 2.62 bits per heavy atom. The molecule has 1 aromatic carbocycles. The SMILES string of the molecule is C#CCCCN1C(=O)C(C2=NP(=O)(OC)c3cc(NS(C)(=O)=O)ccc3N2)=C(O)[C@@H]1C(C)(C)C. The molecule has 184 valence electrons. The van der Waals surface area contributed by atoms with E-state index in [4.69, 9.17) is 10.9 Å². The molecule has 0 radical (unpaired) electrons. The molecule has 1 amide bonds. The smallest absolute Gasteiger partial charge is 0.348 e. The normalized spacial score (nSPS) is 22.7. The van der Waals surface area contributed by atoms with Gasteiger partial charge in [0.2, 0.25) is 10.0 Å². The third kappa shape index (κ3) is 4.99. The zero-order valence-corrected chi connectivity index (χ0v) is 21.5. The first-order chi connectivity index (χ1) is 15.7. The van der Waals surface area contributed by atoms with Gasteiger partial charge in [-0.1, -0.05) is 20.8 Å². The van der Waals surface area contributed by atoms with E-state index in [1.54, 1.807) is 4.90 Å². The van der Waals surface area contributed by atoms with E-state index in [2.05, 4.69) is 20.7 Å². The van der Waals surface area contributed by atoms with Gasteiger partial charge in [0, 0.05) is 25.8 Å². The molecule has 12 heteroatoms. The highest BCUT2D eigenvalue weighted by Gasteiger charge is 2.48. The van der Waals surface area contributed by atoms with Crippen molar-refractivity contribution in [3.63, 3.8) is 0 Å². The number of hydrogen-bond acceptors (Lipinski definition) is 7. The van der Waals surface area contributed by atoms with E-state index in [-0.39, 0.29) is 28.2 Å². The van der Waals surface area contributed by atoms with Crippen LogP contribution in [0.3, 0.4) is 0 Å². The van der Waals surface area contributed by atoms with Gasteiger partial charge in [-0.25, -0.2) is 8.42 Å². The van der Waals surface area contributed by atoms with Gasteiger partial charge >= 0.3 is 7.52 Å². The van der Waals surface area contributed by atoms with Gasteiger partial charge in [-0.2, -0.15) is 4.76 Å². The second kappa shape index (κ2) is 9.10. The average Bonchev–Trinajstić information content (AvgIpc) is 2.97. The molecule has 1 unspecified atom stereocenters. The van der Waals surface area contributed by atoms with Crippen molar-refractivity contribution in [2.24, 2.45) is 10.2 Å². The standard InChI is InChI=1S/C22H29N4O6PS/c1-7-8-9-12-26-19(22(2,3)4)18(27)17(21(26)28)20-23-15-11-10-14(25-34(6,30)31)13-16(15)33(29,24-20)32-5/h1,10-11,13,19,25,27H,8-9,12H2,2-6H3,(H,23,24,29)/t19-,33?/m1/s1. The van der Waals surface area contributed by atoms with Gasteiger partial charge in [-0.15, -0.1) is 12.3 Å². The molecule has 2 atom stereocenters. The van der Waals surface area contributed by atoms with Crippen LogP contribution in [0.25, 0.3) is 0 Å². The molecule has 0 aliphatic carbocycles. The summed E-state index contributed by atoms with van der Waals surface area (Å²) in [6.45, 7) is 6.05. The first-order valence-electron chi connectivity index (χ1n) is 10.5. The maximum absolute atomic E-state index is 13.6. The van der Waals surface area contributed by atoms with Crippen LogP contribution >= 0.6 is 7.52 Å². The lowest BCUT2D eigenvalue weighted by atomic mass is 9.85. The molecular weight excluding hydrogens is 479 g/mol. The maximum atomic E-state index is 13.6. The number of aliphatic hydroxyl groups excluding tert-OH is 1. The third-order valence-electron chi connectivity index (χ3n) is 5.42. The van der Waals surface area contributed by atoms with E-state index in [1.165, 1.54) is 25.3 Å². The summed E-state index contributed by atoms with van der Waals surface area (Å²) in [4.78, 5) is 15.0. The van der Waals surface area contributed by atoms with Crippen molar-refractivity contribution in [2.45, 2.75) is 39.7 Å². The molecule has 1 aromatic rings. The molecule has 0 fully saturated rings. The van der Waals surface area contributed by atoms with Crippen molar-refractivity contribution < 1.29 is 27.4 Å². The topological polar surface area (TPSA) is 137 Å². The number of carbonyl (C=O) groups is 1. The molecule has 0 saturated carbocycles. The van der Waals surface area contributed by atoms with Crippen molar-refractivity contribution in [3.8, 4) is 12.3 Å². The molecule has 2 aliphatic heterocycles. The number of hydrogen-bond donors (Lipinski definition) is 3. The zero-order chi connectivity index (χ0) is 25.5. The zero-order valence-electron chi connectivity index (χ0n) is 19.7. The highest BCUT2D eigenvalue weighted by molar-refractivity contribution is 7.92. The van der Waals surface area contributed by atoms with Crippen LogP contribution in [-0.2, 0) is 23.9 Å². The summed E-state index contributed by atoms with van der Waals surface area (Å²) in [6, 6.07) is 3.72. The Kier molecular flexibility index (Phi) is 6.91. The minimum absolute atomic E-state index is 0.0716. The van der Waals surface area contributed by atoms with E-state index in [1.807, 2.05) is 20.8 Å².